The van der Waals surface area contributed by atoms with Crippen LogP contribution in [-0.4, -0.2) is 42.9 Å². The van der Waals surface area contributed by atoms with Gasteiger partial charge in [-0.15, -0.1) is 0 Å². The van der Waals surface area contributed by atoms with E-state index in [0.29, 0.717) is 0 Å². The summed E-state index contributed by atoms with van der Waals surface area (Å²) in [5, 5.41) is 9.38. The summed E-state index contributed by atoms with van der Waals surface area (Å²) in [6.45, 7) is 8.68. The molecule has 3 nitrogen and oxygen atoms in total. The van der Waals surface area contributed by atoms with Gasteiger partial charge in [0, 0.05) is 12.0 Å². The first-order chi connectivity index (χ1) is 10.1. The van der Waals surface area contributed by atoms with Gasteiger partial charge in [0.2, 0.25) is 0 Å². The summed E-state index contributed by atoms with van der Waals surface area (Å²) < 4.78 is 5.81. The van der Waals surface area contributed by atoms with Gasteiger partial charge in [-0.2, -0.15) is 0 Å². The molecule has 0 amide bonds. The predicted octanol–water partition coefficient (Wildman–Crippen LogP) is 3.21. The molecule has 1 aliphatic heterocycles. The lowest BCUT2D eigenvalue weighted by atomic mass is 9.86. The van der Waals surface area contributed by atoms with E-state index in [9.17, 15) is 5.11 Å². The fourth-order valence-electron chi connectivity index (χ4n) is 2.75. The Labute approximate surface area is 128 Å². The second-order valence-electron chi connectivity index (χ2n) is 6.67. The lowest BCUT2D eigenvalue weighted by Crippen LogP contribution is -2.31. The average molecular weight is 291 g/mol. The van der Waals surface area contributed by atoms with Crippen molar-refractivity contribution in [2.24, 2.45) is 0 Å². The predicted molar refractivity (Wildman–Crippen MR) is 87.0 cm³/mol. The Balaban J connectivity index is 1.71. The van der Waals surface area contributed by atoms with Crippen LogP contribution in [-0.2, 0) is 5.41 Å². The highest BCUT2D eigenvalue weighted by atomic mass is 16.5. The summed E-state index contributed by atoms with van der Waals surface area (Å²) >= 11 is 0. The summed E-state index contributed by atoms with van der Waals surface area (Å²) in [6, 6.07) is 8.12. The third-order valence-corrected chi connectivity index (χ3v) is 4.37. The van der Waals surface area contributed by atoms with Crippen LogP contribution in [0.2, 0.25) is 0 Å². The molecule has 2 rings (SSSR count). The van der Waals surface area contributed by atoms with E-state index < -0.39 is 0 Å². The molecule has 0 atom stereocenters. The number of rotatable bonds is 7. The van der Waals surface area contributed by atoms with Crippen LogP contribution in [0.25, 0.3) is 0 Å². The molecule has 0 spiro atoms. The van der Waals surface area contributed by atoms with Gasteiger partial charge in [0.05, 0.1) is 13.2 Å². The first-order valence-electron chi connectivity index (χ1n) is 8.18. The van der Waals surface area contributed by atoms with Crippen LogP contribution in [0.3, 0.4) is 0 Å². The Kier molecular flexibility index (Phi) is 6.07. The topological polar surface area (TPSA) is 32.7 Å². The summed E-state index contributed by atoms with van der Waals surface area (Å²) in [6.07, 6.45) is 5.18. The van der Waals surface area contributed by atoms with Gasteiger partial charge in [-0.3, -0.25) is 0 Å². The Morgan fingerprint density at radius 2 is 1.76 bits per heavy atom. The highest BCUT2D eigenvalue weighted by molar-refractivity contribution is 5.31. The van der Waals surface area contributed by atoms with Crippen LogP contribution in [0.1, 0.15) is 45.1 Å². The van der Waals surface area contributed by atoms with Gasteiger partial charge < -0.3 is 14.7 Å². The number of likely N-dealkylation sites (tertiary alicyclic amines) is 1. The van der Waals surface area contributed by atoms with Gasteiger partial charge >= 0.3 is 0 Å². The minimum Gasteiger partial charge on any atom is -0.494 e. The van der Waals surface area contributed by atoms with Gasteiger partial charge in [0.25, 0.3) is 0 Å². The summed E-state index contributed by atoms with van der Waals surface area (Å²) in [5.74, 6) is 0.922. The molecule has 1 fully saturated rings. The van der Waals surface area contributed by atoms with Crippen molar-refractivity contribution in [3.63, 3.8) is 0 Å². The van der Waals surface area contributed by atoms with Gasteiger partial charge in [-0.25, -0.2) is 0 Å². The van der Waals surface area contributed by atoms with Crippen molar-refractivity contribution in [1.29, 1.82) is 0 Å². The normalized spacial score (nSPS) is 16.9. The second-order valence-corrected chi connectivity index (χ2v) is 6.67. The monoisotopic (exact) mass is 291 g/mol. The molecule has 0 aromatic heterocycles. The van der Waals surface area contributed by atoms with Gasteiger partial charge in [0.1, 0.15) is 5.75 Å². The molecule has 1 aromatic rings. The van der Waals surface area contributed by atoms with Crippen LogP contribution in [0.5, 0.6) is 5.75 Å². The second kappa shape index (κ2) is 7.81. The van der Waals surface area contributed by atoms with E-state index in [0.717, 1.165) is 30.9 Å². The lowest BCUT2D eigenvalue weighted by molar-refractivity contribution is 0.204. The maximum absolute atomic E-state index is 9.38. The van der Waals surface area contributed by atoms with Crippen LogP contribution in [0, 0.1) is 0 Å². The van der Waals surface area contributed by atoms with E-state index >= 15 is 0 Å². The van der Waals surface area contributed by atoms with E-state index in [1.165, 1.54) is 32.4 Å². The smallest absolute Gasteiger partial charge is 0.119 e. The SMILES string of the molecule is CC(C)(CO)c1ccc(OCCCN2CCCCC2)cc1. The summed E-state index contributed by atoms with van der Waals surface area (Å²) in [5.41, 5.74) is 0.956. The van der Waals surface area contributed by atoms with Crippen molar-refractivity contribution >= 4 is 0 Å². The van der Waals surface area contributed by atoms with Crippen molar-refractivity contribution in [3.8, 4) is 5.75 Å². The molecule has 0 saturated carbocycles. The zero-order chi connectivity index (χ0) is 15.1. The minimum atomic E-state index is -0.188. The third kappa shape index (κ3) is 5.01. The summed E-state index contributed by atoms with van der Waals surface area (Å²) in [4.78, 5) is 2.54. The van der Waals surface area contributed by atoms with Gasteiger partial charge in [-0.05, 0) is 50.0 Å². The molecule has 1 aliphatic rings. The van der Waals surface area contributed by atoms with Crippen molar-refractivity contribution in [3.05, 3.63) is 29.8 Å². The fraction of sp³-hybridized carbons (Fsp3) is 0.667. The molecule has 1 saturated heterocycles. The molecule has 0 bridgehead atoms. The molecule has 118 valence electrons. The Hall–Kier alpha value is -1.06. The van der Waals surface area contributed by atoms with Crippen molar-refractivity contribution < 1.29 is 9.84 Å². The first kappa shape index (κ1) is 16.3. The van der Waals surface area contributed by atoms with Crippen LogP contribution < -0.4 is 4.74 Å². The average Bonchev–Trinajstić information content (AvgIpc) is 2.53. The van der Waals surface area contributed by atoms with Crippen molar-refractivity contribution in [2.45, 2.75) is 44.9 Å². The molecule has 1 aromatic carbocycles. The number of aliphatic hydroxyl groups is 1. The molecular weight excluding hydrogens is 262 g/mol. The number of ether oxygens (including phenoxy) is 1. The Morgan fingerprint density at radius 1 is 1.10 bits per heavy atom. The number of hydrogen-bond donors (Lipinski definition) is 1. The highest BCUT2D eigenvalue weighted by Gasteiger charge is 2.18. The third-order valence-electron chi connectivity index (χ3n) is 4.37. The zero-order valence-corrected chi connectivity index (χ0v) is 13.5. The Morgan fingerprint density at radius 3 is 2.38 bits per heavy atom. The minimum absolute atomic E-state index is 0.156. The van der Waals surface area contributed by atoms with E-state index in [4.69, 9.17) is 4.74 Å². The van der Waals surface area contributed by atoms with Crippen LogP contribution >= 0.6 is 0 Å². The highest BCUT2D eigenvalue weighted by Crippen LogP contribution is 2.24. The first-order valence-corrected chi connectivity index (χ1v) is 8.18. The fourth-order valence-corrected chi connectivity index (χ4v) is 2.75. The molecular formula is C18H29NO2. The molecule has 0 unspecified atom stereocenters. The van der Waals surface area contributed by atoms with Crippen molar-refractivity contribution in [1.82, 2.24) is 4.90 Å². The Bertz CT molecular complexity index is 408. The molecule has 0 radical (unpaired) electrons. The summed E-state index contributed by atoms with van der Waals surface area (Å²) in [7, 11) is 0. The van der Waals surface area contributed by atoms with Crippen molar-refractivity contribution in [2.75, 3.05) is 32.8 Å². The number of hydrogen-bond acceptors (Lipinski definition) is 3. The maximum Gasteiger partial charge on any atom is 0.119 e. The van der Waals surface area contributed by atoms with E-state index in [1.807, 2.05) is 26.0 Å². The molecule has 0 aliphatic carbocycles. The largest absolute Gasteiger partial charge is 0.494 e. The quantitative estimate of drug-likeness (QED) is 0.783. The molecule has 1 N–H and O–H groups in total. The van der Waals surface area contributed by atoms with Gasteiger partial charge in [0.15, 0.2) is 0 Å². The van der Waals surface area contributed by atoms with E-state index in [2.05, 4.69) is 17.0 Å². The number of piperidine rings is 1. The number of aliphatic hydroxyl groups excluding tert-OH is 1. The van der Waals surface area contributed by atoms with Crippen LogP contribution in [0.15, 0.2) is 24.3 Å². The zero-order valence-electron chi connectivity index (χ0n) is 13.5. The number of benzene rings is 1. The molecule has 3 heteroatoms. The van der Waals surface area contributed by atoms with E-state index in [-0.39, 0.29) is 12.0 Å². The molecule has 21 heavy (non-hydrogen) atoms. The van der Waals surface area contributed by atoms with Crippen LogP contribution in [0.4, 0.5) is 0 Å². The standard InChI is InChI=1S/C18H29NO2/c1-18(2,15-20)16-7-9-17(10-8-16)21-14-6-13-19-11-4-3-5-12-19/h7-10,20H,3-6,11-15H2,1-2H3. The molecule has 1 heterocycles. The number of nitrogens with zero attached hydrogens (tertiary/aromatic N) is 1. The maximum atomic E-state index is 9.38. The van der Waals surface area contributed by atoms with E-state index in [1.54, 1.807) is 0 Å². The lowest BCUT2D eigenvalue weighted by Gasteiger charge is -2.26. The van der Waals surface area contributed by atoms with Gasteiger partial charge in [-0.1, -0.05) is 32.4 Å².